The number of methoxy groups -OCH3 is 1. The lowest BCUT2D eigenvalue weighted by Gasteiger charge is -1.96. The number of H-pyrrole nitrogens is 1. The lowest BCUT2D eigenvalue weighted by atomic mass is 10.3. The van der Waals surface area contributed by atoms with Crippen molar-refractivity contribution in [3.63, 3.8) is 0 Å². The van der Waals surface area contributed by atoms with Crippen molar-refractivity contribution in [1.29, 1.82) is 0 Å². The minimum Gasteiger partial charge on any atom is -0.497 e. The van der Waals surface area contributed by atoms with E-state index in [2.05, 4.69) is 19.9 Å². The van der Waals surface area contributed by atoms with Crippen LogP contribution in [0.25, 0.3) is 11.0 Å². The van der Waals surface area contributed by atoms with Crippen LogP contribution in [0, 0.1) is 5.95 Å². The maximum Gasteiger partial charge on any atom is 0.217 e. The number of nitrogens with zero attached hydrogens (tertiary/aromatic N) is 3. The molecule has 2 heterocycles. The van der Waals surface area contributed by atoms with E-state index in [0.29, 0.717) is 10.2 Å². The summed E-state index contributed by atoms with van der Waals surface area (Å²) in [5, 5.41) is 1.14. The van der Waals surface area contributed by atoms with Gasteiger partial charge >= 0.3 is 0 Å². The van der Waals surface area contributed by atoms with Gasteiger partial charge in [0.2, 0.25) is 5.95 Å². The van der Waals surface area contributed by atoms with Gasteiger partial charge in [0.05, 0.1) is 18.1 Å². The average Bonchev–Trinajstić information content (AvgIpc) is 2.79. The Labute approximate surface area is 112 Å². The molecule has 3 rings (SSSR count). The first kappa shape index (κ1) is 11.9. The zero-order chi connectivity index (χ0) is 13.2. The number of benzene rings is 1. The van der Waals surface area contributed by atoms with E-state index in [1.807, 2.05) is 18.2 Å². The molecular weight excluding hydrogens is 267 g/mol. The number of imidazole rings is 1. The van der Waals surface area contributed by atoms with Crippen LogP contribution >= 0.6 is 11.8 Å². The van der Waals surface area contributed by atoms with Gasteiger partial charge in [0.1, 0.15) is 17.1 Å². The van der Waals surface area contributed by atoms with E-state index >= 15 is 0 Å². The summed E-state index contributed by atoms with van der Waals surface area (Å²) in [4.78, 5) is 14.9. The summed E-state index contributed by atoms with van der Waals surface area (Å²) in [6, 6.07) is 6.81. The molecule has 0 aliphatic heterocycles. The van der Waals surface area contributed by atoms with Crippen molar-refractivity contribution >= 4 is 22.8 Å². The minimum atomic E-state index is -0.560. The number of aromatic nitrogens is 4. The molecule has 96 valence electrons. The Morgan fingerprint density at radius 3 is 2.95 bits per heavy atom. The molecule has 0 aliphatic carbocycles. The molecule has 19 heavy (non-hydrogen) atoms. The van der Waals surface area contributed by atoms with Crippen LogP contribution < -0.4 is 4.74 Å². The summed E-state index contributed by atoms with van der Waals surface area (Å²) in [5.41, 5.74) is 1.68. The van der Waals surface area contributed by atoms with Crippen molar-refractivity contribution in [1.82, 2.24) is 19.9 Å². The summed E-state index contributed by atoms with van der Waals surface area (Å²) >= 11 is 1.24. The van der Waals surface area contributed by atoms with Crippen LogP contribution in [0.4, 0.5) is 4.39 Å². The second-order valence-electron chi connectivity index (χ2n) is 3.71. The number of aromatic amines is 1. The zero-order valence-corrected chi connectivity index (χ0v) is 10.7. The fourth-order valence-corrected chi connectivity index (χ4v) is 2.37. The largest absolute Gasteiger partial charge is 0.497 e. The van der Waals surface area contributed by atoms with Gasteiger partial charge in [0, 0.05) is 12.1 Å². The molecule has 0 saturated heterocycles. The summed E-state index contributed by atoms with van der Waals surface area (Å²) in [6.45, 7) is 0. The van der Waals surface area contributed by atoms with E-state index in [1.165, 1.54) is 24.2 Å². The van der Waals surface area contributed by atoms with E-state index in [1.54, 1.807) is 7.11 Å². The Morgan fingerprint density at radius 2 is 2.16 bits per heavy atom. The maximum absolute atomic E-state index is 13.0. The average molecular weight is 276 g/mol. The number of fused-ring (bicyclic) bond motifs is 1. The summed E-state index contributed by atoms with van der Waals surface area (Å²) in [6.07, 6.45) is 1.18. The monoisotopic (exact) mass is 276 g/mol. The summed E-state index contributed by atoms with van der Waals surface area (Å²) < 4.78 is 18.1. The molecule has 7 heteroatoms. The van der Waals surface area contributed by atoms with Gasteiger partial charge in [0.25, 0.3) is 0 Å². The molecule has 0 amide bonds. The standard InChI is InChI=1S/C12H9FN4OS/c1-18-7-2-3-8-9(4-7)17-12(16-8)19-11-5-10(13)14-6-15-11/h2-6H,1H3,(H,16,17). The first-order valence-corrected chi connectivity index (χ1v) is 6.25. The number of hydrogen-bond donors (Lipinski definition) is 1. The highest BCUT2D eigenvalue weighted by Crippen LogP contribution is 2.27. The lowest BCUT2D eigenvalue weighted by molar-refractivity contribution is 0.415. The molecule has 0 spiro atoms. The third-order valence-electron chi connectivity index (χ3n) is 2.48. The molecule has 2 aromatic heterocycles. The Hall–Kier alpha value is -2.15. The number of rotatable bonds is 3. The van der Waals surface area contributed by atoms with Crippen molar-refractivity contribution in [2.75, 3.05) is 7.11 Å². The van der Waals surface area contributed by atoms with Crippen molar-refractivity contribution in [3.05, 3.63) is 36.5 Å². The second-order valence-corrected chi connectivity index (χ2v) is 4.72. The minimum absolute atomic E-state index is 0.499. The first-order valence-electron chi connectivity index (χ1n) is 5.44. The van der Waals surface area contributed by atoms with Crippen LogP contribution in [0.2, 0.25) is 0 Å². The Bertz CT molecular complexity index is 731. The number of hydrogen-bond acceptors (Lipinski definition) is 5. The summed E-state index contributed by atoms with van der Waals surface area (Å²) in [5.74, 6) is 0.191. The first-order chi connectivity index (χ1) is 9.24. The number of ether oxygens (including phenoxy) is 1. The van der Waals surface area contributed by atoms with Crippen LogP contribution in [0.3, 0.4) is 0 Å². The molecule has 3 aromatic rings. The third kappa shape index (κ3) is 2.50. The van der Waals surface area contributed by atoms with Gasteiger partial charge in [-0.2, -0.15) is 4.39 Å². The summed E-state index contributed by atoms with van der Waals surface area (Å²) in [7, 11) is 1.61. The molecule has 5 nitrogen and oxygen atoms in total. The van der Waals surface area contributed by atoms with Crippen LogP contribution in [0.15, 0.2) is 40.8 Å². The maximum atomic E-state index is 13.0. The number of halogens is 1. The van der Waals surface area contributed by atoms with Gasteiger partial charge in [-0.25, -0.2) is 15.0 Å². The van der Waals surface area contributed by atoms with Gasteiger partial charge in [-0.05, 0) is 23.9 Å². The van der Waals surface area contributed by atoms with Crippen molar-refractivity contribution in [2.45, 2.75) is 10.2 Å². The predicted octanol–water partition coefficient (Wildman–Crippen LogP) is 2.65. The molecule has 0 fully saturated rings. The van der Waals surface area contributed by atoms with E-state index in [-0.39, 0.29) is 0 Å². The van der Waals surface area contributed by atoms with E-state index in [4.69, 9.17) is 4.74 Å². The normalized spacial score (nSPS) is 10.8. The Morgan fingerprint density at radius 1 is 1.26 bits per heavy atom. The van der Waals surface area contributed by atoms with Gasteiger partial charge in [0.15, 0.2) is 5.16 Å². The van der Waals surface area contributed by atoms with Gasteiger partial charge in [-0.15, -0.1) is 0 Å². The van der Waals surface area contributed by atoms with E-state index in [9.17, 15) is 4.39 Å². The lowest BCUT2D eigenvalue weighted by Crippen LogP contribution is -1.86. The van der Waals surface area contributed by atoms with Crippen molar-refractivity contribution < 1.29 is 9.13 Å². The predicted molar refractivity (Wildman–Crippen MR) is 68.8 cm³/mol. The topological polar surface area (TPSA) is 63.7 Å². The smallest absolute Gasteiger partial charge is 0.217 e. The van der Waals surface area contributed by atoms with Crippen molar-refractivity contribution in [2.24, 2.45) is 0 Å². The highest BCUT2D eigenvalue weighted by Gasteiger charge is 2.07. The van der Waals surface area contributed by atoms with E-state index in [0.717, 1.165) is 16.8 Å². The van der Waals surface area contributed by atoms with Gasteiger partial charge < -0.3 is 9.72 Å². The van der Waals surface area contributed by atoms with Crippen LogP contribution in [-0.2, 0) is 0 Å². The van der Waals surface area contributed by atoms with Crippen LogP contribution in [-0.4, -0.2) is 27.0 Å². The SMILES string of the molecule is COc1ccc2nc(Sc3cc(F)ncn3)[nH]c2c1. The van der Waals surface area contributed by atoms with Gasteiger partial charge in [-0.1, -0.05) is 0 Å². The third-order valence-corrected chi connectivity index (χ3v) is 3.30. The fraction of sp³-hybridized carbons (Fsp3) is 0.0833. The molecule has 0 atom stereocenters. The Kier molecular flexibility index (Phi) is 3.04. The molecular formula is C12H9FN4OS. The second kappa shape index (κ2) is 4.85. The van der Waals surface area contributed by atoms with Gasteiger partial charge in [-0.3, -0.25) is 0 Å². The highest BCUT2D eigenvalue weighted by molar-refractivity contribution is 7.99. The van der Waals surface area contributed by atoms with Crippen molar-refractivity contribution in [3.8, 4) is 5.75 Å². The molecule has 1 N–H and O–H groups in total. The number of nitrogens with one attached hydrogen (secondary N) is 1. The Balaban J connectivity index is 1.93. The molecule has 1 aromatic carbocycles. The molecule has 0 radical (unpaired) electrons. The molecule has 0 unspecified atom stereocenters. The van der Waals surface area contributed by atoms with Crippen LogP contribution in [0.5, 0.6) is 5.75 Å². The van der Waals surface area contributed by atoms with Crippen LogP contribution in [0.1, 0.15) is 0 Å². The highest BCUT2D eigenvalue weighted by atomic mass is 32.2. The zero-order valence-electron chi connectivity index (χ0n) is 9.92. The molecule has 0 saturated carbocycles. The van der Waals surface area contributed by atoms with E-state index < -0.39 is 5.95 Å². The fourth-order valence-electron chi connectivity index (χ4n) is 1.61. The molecule has 0 bridgehead atoms. The molecule has 0 aliphatic rings. The quantitative estimate of drug-likeness (QED) is 0.745.